The number of benzene rings is 1. The highest BCUT2D eigenvalue weighted by Gasteiger charge is 2.21. The van der Waals surface area contributed by atoms with Gasteiger partial charge in [0.15, 0.2) is 0 Å². The molecule has 3 rings (SSSR count). The molecule has 0 radical (unpaired) electrons. The van der Waals surface area contributed by atoms with Gasteiger partial charge in [0.25, 0.3) is 11.6 Å². The van der Waals surface area contributed by atoms with Crippen molar-refractivity contribution in [3.8, 4) is 0 Å². The van der Waals surface area contributed by atoms with Crippen molar-refractivity contribution in [1.82, 2.24) is 0 Å². The fraction of sp³-hybridized carbons (Fsp3) is 0.312. The summed E-state index contributed by atoms with van der Waals surface area (Å²) >= 11 is 1.15. The van der Waals surface area contributed by atoms with Crippen LogP contribution in [-0.2, 0) is 12.8 Å². The third-order valence-corrected chi connectivity index (χ3v) is 4.99. The monoisotopic (exact) mass is 316 g/mol. The number of anilines is 1. The second-order valence-corrected chi connectivity index (χ2v) is 6.67. The van der Waals surface area contributed by atoms with Gasteiger partial charge < -0.3 is 5.32 Å². The molecule has 0 spiro atoms. The first kappa shape index (κ1) is 14.7. The van der Waals surface area contributed by atoms with Crippen molar-refractivity contribution >= 4 is 28.6 Å². The lowest BCUT2D eigenvalue weighted by atomic mass is 9.90. The summed E-state index contributed by atoms with van der Waals surface area (Å²) in [6.07, 6.45) is 4.32. The van der Waals surface area contributed by atoms with E-state index in [1.54, 1.807) is 6.92 Å². The minimum Gasteiger partial charge on any atom is -0.321 e. The number of carbonyl (C=O) groups excluding carboxylic acids is 1. The van der Waals surface area contributed by atoms with Crippen molar-refractivity contribution in [3.05, 3.63) is 55.3 Å². The van der Waals surface area contributed by atoms with Crippen molar-refractivity contribution in [1.29, 1.82) is 0 Å². The van der Waals surface area contributed by atoms with Crippen LogP contribution in [0.2, 0.25) is 0 Å². The first-order valence-electron chi connectivity index (χ1n) is 7.23. The summed E-state index contributed by atoms with van der Waals surface area (Å²) in [5, 5.41) is 13.8. The smallest absolute Gasteiger partial charge is 0.283 e. The summed E-state index contributed by atoms with van der Waals surface area (Å²) in [5.74, 6) is -0.278. The molecule has 0 saturated carbocycles. The van der Waals surface area contributed by atoms with E-state index in [-0.39, 0.29) is 11.6 Å². The van der Waals surface area contributed by atoms with Crippen molar-refractivity contribution in [3.63, 3.8) is 0 Å². The number of fused-ring (bicyclic) bond motifs is 1. The number of nitro groups is 1. The molecule has 0 bridgehead atoms. The van der Waals surface area contributed by atoms with Crippen LogP contribution in [0.5, 0.6) is 0 Å². The Balaban J connectivity index is 1.86. The van der Waals surface area contributed by atoms with Gasteiger partial charge in [0.2, 0.25) is 0 Å². The van der Waals surface area contributed by atoms with Crippen molar-refractivity contribution in [2.45, 2.75) is 32.6 Å². The van der Waals surface area contributed by atoms with Gasteiger partial charge in [-0.05, 0) is 49.8 Å². The van der Waals surface area contributed by atoms with Crippen LogP contribution < -0.4 is 5.32 Å². The van der Waals surface area contributed by atoms with Crippen molar-refractivity contribution in [2.24, 2.45) is 0 Å². The van der Waals surface area contributed by atoms with Crippen LogP contribution in [0.4, 0.5) is 11.4 Å². The van der Waals surface area contributed by atoms with E-state index in [0.717, 1.165) is 36.3 Å². The maximum Gasteiger partial charge on any atom is 0.283 e. The van der Waals surface area contributed by atoms with Gasteiger partial charge in [0.05, 0.1) is 14.7 Å². The molecule has 0 atom stereocenters. The molecule has 1 amide bonds. The quantitative estimate of drug-likeness (QED) is 0.684. The summed E-state index contributed by atoms with van der Waals surface area (Å²) in [6, 6.07) is 7.30. The third-order valence-electron chi connectivity index (χ3n) is 3.96. The normalized spacial score (nSPS) is 13.5. The van der Waals surface area contributed by atoms with E-state index in [2.05, 4.69) is 11.4 Å². The molecule has 1 aliphatic carbocycles. The largest absolute Gasteiger partial charge is 0.321 e. The average Bonchev–Trinajstić information content (AvgIpc) is 2.90. The lowest BCUT2D eigenvalue weighted by Gasteiger charge is -2.19. The van der Waals surface area contributed by atoms with E-state index < -0.39 is 4.92 Å². The number of hydrogen-bond acceptors (Lipinski definition) is 4. The number of hydrogen-bond donors (Lipinski definition) is 1. The molecule has 22 heavy (non-hydrogen) atoms. The summed E-state index contributed by atoms with van der Waals surface area (Å²) < 4.78 is 0. The average molecular weight is 316 g/mol. The van der Waals surface area contributed by atoms with E-state index in [9.17, 15) is 14.9 Å². The third kappa shape index (κ3) is 2.74. The zero-order valence-corrected chi connectivity index (χ0v) is 13.0. The van der Waals surface area contributed by atoms with Gasteiger partial charge >= 0.3 is 0 Å². The molecule has 1 aliphatic rings. The number of nitrogens with one attached hydrogen (secondary N) is 1. The topological polar surface area (TPSA) is 72.2 Å². The van der Waals surface area contributed by atoms with Gasteiger partial charge in [-0.2, -0.15) is 0 Å². The molecule has 0 aliphatic heterocycles. The number of amides is 1. The summed E-state index contributed by atoms with van der Waals surface area (Å²) in [4.78, 5) is 23.7. The van der Waals surface area contributed by atoms with Crippen molar-refractivity contribution < 1.29 is 9.72 Å². The van der Waals surface area contributed by atoms with Gasteiger partial charge in [-0.3, -0.25) is 14.9 Å². The molecule has 1 aromatic heterocycles. The van der Waals surface area contributed by atoms with E-state index in [0.29, 0.717) is 9.75 Å². The number of carbonyl (C=O) groups is 1. The fourth-order valence-electron chi connectivity index (χ4n) is 2.85. The highest BCUT2D eigenvalue weighted by molar-refractivity contribution is 7.14. The van der Waals surface area contributed by atoms with Crippen LogP contribution in [-0.4, -0.2) is 10.8 Å². The molecule has 114 valence electrons. The van der Waals surface area contributed by atoms with Gasteiger partial charge in [-0.15, -0.1) is 11.3 Å². The van der Waals surface area contributed by atoms with Crippen LogP contribution in [0.1, 0.15) is 38.5 Å². The highest BCUT2D eigenvalue weighted by atomic mass is 32.1. The zero-order chi connectivity index (χ0) is 15.7. The van der Waals surface area contributed by atoms with Crippen LogP contribution in [0.25, 0.3) is 0 Å². The predicted molar refractivity (Wildman–Crippen MR) is 86.7 cm³/mol. The highest BCUT2D eigenvalue weighted by Crippen LogP contribution is 2.31. The van der Waals surface area contributed by atoms with E-state index in [1.807, 2.05) is 12.1 Å². The van der Waals surface area contributed by atoms with Gasteiger partial charge in [-0.1, -0.05) is 12.1 Å². The Morgan fingerprint density at radius 3 is 2.82 bits per heavy atom. The number of aryl methyl sites for hydroxylation is 2. The lowest BCUT2D eigenvalue weighted by Crippen LogP contribution is -2.14. The molecule has 0 saturated heterocycles. The van der Waals surface area contributed by atoms with E-state index >= 15 is 0 Å². The van der Waals surface area contributed by atoms with Gasteiger partial charge in [0.1, 0.15) is 0 Å². The van der Waals surface area contributed by atoms with E-state index in [1.165, 1.54) is 23.6 Å². The minimum atomic E-state index is -0.451. The summed E-state index contributed by atoms with van der Waals surface area (Å²) in [6.45, 7) is 1.66. The minimum absolute atomic E-state index is 0.00485. The Labute approximate surface area is 132 Å². The SMILES string of the molecule is Cc1sc(C(=O)Nc2cccc3c2CCCC3)cc1[N+](=O)[O-]. The first-order chi connectivity index (χ1) is 10.6. The second kappa shape index (κ2) is 5.88. The van der Waals surface area contributed by atoms with Gasteiger partial charge in [-0.25, -0.2) is 0 Å². The Bertz CT molecular complexity index is 752. The Kier molecular flexibility index (Phi) is 3.94. The molecule has 5 nitrogen and oxygen atoms in total. The molecular formula is C16H16N2O3S. The maximum atomic E-state index is 12.4. The van der Waals surface area contributed by atoms with Crippen LogP contribution in [0.3, 0.4) is 0 Å². The Morgan fingerprint density at radius 2 is 2.09 bits per heavy atom. The number of rotatable bonds is 3. The molecule has 1 heterocycles. The molecule has 1 aromatic carbocycles. The Morgan fingerprint density at radius 1 is 1.32 bits per heavy atom. The van der Waals surface area contributed by atoms with Crippen molar-refractivity contribution in [2.75, 3.05) is 5.32 Å². The molecular weight excluding hydrogens is 300 g/mol. The Hall–Kier alpha value is -2.21. The summed E-state index contributed by atoms with van der Waals surface area (Å²) in [7, 11) is 0. The number of thiophene rings is 1. The van der Waals surface area contributed by atoms with Gasteiger partial charge in [0, 0.05) is 11.8 Å². The first-order valence-corrected chi connectivity index (χ1v) is 8.05. The van der Waals surface area contributed by atoms with Crippen LogP contribution in [0, 0.1) is 17.0 Å². The molecule has 0 fully saturated rings. The predicted octanol–water partition coefficient (Wildman–Crippen LogP) is 4.10. The van der Waals surface area contributed by atoms with Crippen LogP contribution >= 0.6 is 11.3 Å². The maximum absolute atomic E-state index is 12.4. The van der Waals surface area contributed by atoms with Crippen LogP contribution in [0.15, 0.2) is 24.3 Å². The molecule has 2 aromatic rings. The molecule has 1 N–H and O–H groups in total. The lowest BCUT2D eigenvalue weighted by molar-refractivity contribution is -0.385. The molecule has 0 unspecified atom stereocenters. The molecule has 6 heteroatoms. The standard InChI is InChI=1S/C16H16N2O3S/c1-10-14(18(20)21)9-15(22-10)16(19)17-13-8-4-6-11-5-2-3-7-12(11)13/h4,6,8-9H,2-3,5,7H2,1H3,(H,17,19). The zero-order valence-electron chi connectivity index (χ0n) is 12.2. The van der Waals surface area contributed by atoms with E-state index in [4.69, 9.17) is 0 Å². The fourth-order valence-corrected chi connectivity index (χ4v) is 3.73. The summed E-state index contributed by atoms with van der Waals surface area (Å²) in [5.41, 5.74) is 3.32. The number of nitrogens with zero attached hydrogens (tertiary/aromatic N) is 1. The second-order valence-electron chi connectivity index (χ2n) is 5.41.